The van der Waals surface area contributed by atoms with Gasteiger partial charge in [0.05, 0.1) is 29.5 Å². The van der Waals surface area contributed by atoms with Gasteiger partial charge in [-0.1, -0.05) is 11.6 Å². The van der Waals surface area contributed by atoms with Gasteiger partial charge < -0.3 is 19.3 Å². The number of halogens is 1. The van der Waals surface area contributed by atoms with E-state index in [4.69, 9.17) is 26.1 Å². The molecule has 1 aliphatic rings. The number of nitrogens with zero attached hydrogens (tertiary/aromatic N) is 4. The molecule has 0 aliphatic carbocycles. The van der Waals surface area contributed by atoms with Crippen LogP contribution in [0.2, 0.25) is 5.02 Å². The highest BCUT2D eigenvalue weighted by Crippen LogP contribution is 2.32. The number of aryl methyl sites for hydroxylation is 1. The lowest BCUT2D eigenvalue weighted by Gasteiger charge is -2.27. The number of hydrogen-bond donors (Lipinski definition) is 0. The Hall–Kier alpha value is -2.09. The van der Waals surface area contributed by atoms with Crippen molar-refractivity contribution in [3.8, 4) is 11.4 Å². The molecular weight excluding hydrogens is 392 g/mol. The van der Waals surface area contributed by atoms with Crippen LogP contribution < -0.4 is 15.4 Å². The van der Waals surface area contributed by atoms with Gasteiger partial charge in [0.2, 0.25) is 0 Å². The van der Waals surface area contributed by atoms with Gasteiger partial charge in [0, 0.05) is 53.2 Å². The molecule has 1 unspecified atom stereocenters. The molecule has 1 fully saturated rings. The van der Waals surface area contributed by atoms with E-state index in [1.807, 2.05) is 44.1 Å². The molecule has 0 amide bonds. The molecule has 158 valence electrons. The van der Waals surface area contributed by atoms with Crippen molar-refractivity contribution >= 4 is 23.0 Å². The first kappa shape index (κ1) is 21.6. The van der Waals surface area contributed by atoms with E-state index in [-0.39, 0.29) is 17.7 Å². The predicted molar refractivity (Wildman–Crippen MR) is 117 cm³/mol. The van der Waals surface area contributed by atoms with Crippen LogP contribution in [0.4, 0.5) is 11.4 Å². The van der Waals surface area contributed by atoms with Crippen LogP contribution in [0.1, 0.15) is 12.1 Å². The summed E-state index contributed by atoms with van der Waals surface area (Å²) in [5.41, 5.74) is 2.89. The SMILES string of the molecule is COCC1C[C@@H](OC)CN1c1c(C)nc(-c2ccc(N(C)C)cc2Cl)n(C)c1=O. The molecule has 3 rings (SSSR count). The minimum atomic E-state index is -0.0990. The van der Waals surface area contributed by atoms with Gasteiger partial charge in [-0.15, -0.1) is 0 Å². The fraction of sp³-hybridized carbons (Fsp3) is 0.524. The number of benzene rings is 1. The molecule has 1 aliphatic heterocycles. The van der Waals surface area contributed by atoms with Gasteiger partial charge in [0.25, 0.3) is 5.56 Å². The number of methoxy groups -OCH3 is 2. The Morgan fingerprint density at radius 3 is 2.62 bits per heavy atom. The summed E-state index contributed by atoms with van der Waals surface area (Å²) in [6.07, 6.45) is 0.874. The predicted octanol–water partition coefficient (Wildman–Crippen LogP) is 2.72. The van der Waals surface area contributed by atoms with Crippen molar-refractivity contribution < 1.29 is 9.47 Å². The quantitative estimate of drug-likeness (QED) is 0.716. The molecule has 1 aromatic carbocycles. The zero-order valence-electron chi connectivity index (χ0n) is 17.9. The van der Waals surface area contributed by atoms with Crippen molar-refractivity contribution in [2.45, 2.75) is 25.5 Å². The molecule has 2 heterocycles. The third kappa shape index (κ3) is 4.13. The van der Waals surface area contributed by atoms with E-state index in [1.54, 1.807) is 25.8 Å². The first-order valence-electron chi connectivity index (χ1n) is 9.61. The van der Waals surface area contributed by atoms with Crippen LogP contribution in [0.25, 0.3) is 11.4 Å². The number of anilines is 2. The Labute approximate surface area is 176 Å². The number of aromatic nitrogens is 2. The summed E-state index contributed by atoms with van der Waals surface area (Å²) in [5, 5.41) is 0.559. The van der Waals surface area contributed by atoms with Crippen molar-refractivity contribution in [2.75, 3.05) is 51.3 Å². The van der Waals surface area contributed by atoms with Crippen LogP contribution in [0, 0.1) is 6.92 Å². The second-order valence-corrected chi connectivity index (χ2v) is 8.05. The van der Waals surface area contributed by atoms with Gasteiger partial charge in [-0.3, -0.25) is 9.36 Å². The monoisotopic (exact) mass is 420 g/mol. The Kier molecular flexibility index (Phi) is 6.51. The topological polar surface area (TPSA) is 59.8 Å². The van der Waals surface area contributed by atoms with Gasteiger partial charge in [-0.25, -0.2) is 4.98 Å². The second-order valence-electron chi connectivity index (χ2n) is 7.65. The van der Waals surface area contributed by atoms with E-state index in [1.165, 1.54) is 0 Å². The zero-order chi connectivity index (χ0) is 21.3. The normalized spacial score (nSPS) is 19.1. The van der Waals surface area contributed by atoms with Gasteiger partial charge in [-0.2, -0.15) is 0 Å². The average Bonchev–Trinajstić information content (AvgIpc) is 3.08. The average molecular weight is 421 g/mol. The molecule has 8 heteroatoms. The van der Waals surface area contributed by atoms with Crippen LogP contribution in [-0.4, -0.2) is 63.2 Å². The maximum Gasteiger partial charge on any atom is 0.277 e. The fourth-order valence-corrected chi connectivity index (χ4v) is 4.16. The van der Waals surface area contributed by atoms with Crippen LogP contribution in [0.5, 0.6) is 0 Å². The van der Waals surface area contributed by atoms with Crippen molar-refractivity contribution in [2.24, 2.45) is 7.05 Å². The molecule has 0 bridgehead atoms. The lowest BCUT2D eigenvalue weighted by molar-refractivity contribution is 0.111. The zero-order valence-corrected chi connectivity index (χ0v) is 18.7. The largest absolute Gasteiger partial charge is 0.383 e. The Balaban J connectivity index is 2.07. The van der Waals surface area contributed by atoms with Gasteiger partial charge >= 0.3 is 0 Å². The van der Waals surface area contributed by atoms with Crippen molar-refractivity contribution in [3.05, 3.63) is 39.3 Å². The summed E-state index contributed by atoms with van der Waals surface area (Å²) in [7, 11) is 9.02. The third-order valence-corrected chi connectivity index (χ3v) is 5.82. The molecule has 0 N–H and O–H groups in total. The highest BCUT2D eigenvalue weighted by Gasteiger charge is 2.35. The molecule has 2 aromatic rings. The number of rotatable bonds is 6. The highest BCUT2D eigenvalue weighted by atomic mass is 35.5. The van der Waals surface area contributed by atoms with E-state index in [0.717, 1.165) is 17.7 Å². The lowest BCUT2D eigenvalue weighted by Crippen LogP contribution is -2.39. The minimum absolute atomic E-state index is 0.0620. The Morgan fingerprint density at radius 1 is 1.31 bits per heavy atom. The van der Waals surface area contributed by atoms with E-state index in [2.05, 4.69) is 4.90 Å². The molecule has 0 saturated carbocycles. The standard InChI is InChI=1S/C21H29ClN4O3/c1-13-19(26-11-16(29-6)9-15(26)12-28-5)21(27)25(4)20(23-13)17-8-7-14(24(2)3)10-18(17)22/h7-8,10,15-16H,9,11-12H2,1-6H3/t15?,16-/m1/s1. The molecular formula is C21H29ClN4O3. The van der Waals surface area contributed by atoms with Crippen LogP contribution in [0.3, 0.4) is 0 Å². The highest BCUT2D eigenvalue weighted by molar-refractivity contribution is 6.33. The van der Waals surface area contributed by atoms with Crippen molar-refractivity contribution in [3.63, 3.8) is 0 Å². The molecule has 1 saturated heterocycles. The summed E-state index contributed by atoms with van der Waals surface area (Å²) in [4.78, 5) is 22.2. The molecule has 1 aromatic heterocycles. The van der Waals surface area contributed by atoms with Crippen molar-refractivity contribution in [1.29, 1.82) is 0 Å². The first-order chi connectivity index (χ1) is 13.8. The van der Waals surface area contributed by atoms with Crippen LogP contribution in [-0.2, 0) is 16.5 Å². The second kappa shape index (κ2) is 8.73. The lowest BCUT2D eigenvalue weighted by atomic mass is 10.1. The summed E-state index contributed by atoms with van der Waals surface area (Å²) in [5.74, 6) is 0.553. The summed E-state index contributed by atoms with van der Waals surface area (Å²) < 4.78 is 12.5. The van der Waals surface area contributed by atoms with Gasteiger partial charge in [-0.05, 0) is 31.5 Å². The summed E-state index contributed by atoms with van der Waals surface area (Å²) in [6.45, 7) is 3.04. The minimum Gasteiger partial charge on any atom is -0.383 e. The van der Waals surface area contributed by atoms with Gasteiger partial charge in [0.15, 0.2) is 0 Å². The van der Waals surface area contributed by atoms with E-state index in [0.29, 0.717) is 35.4 Å². The molecule has 0 radical (unpaired) electrons. The van der Waals surface area contributed by atoms with E-state index < -0.39 is 0 Å². The van der Waals surface area contributed by atoms with Crippen LogP contribution in [0.15, 0.2) is 23.0 Å². The third-order valence-electron chi connectivity index (χ3n) is 5.51. The van der Waals surface area contributed by atoms with Gasteiger partial charge in [0.1, 0.15) is 11.5 Å². The number of ether oxygens (including phenoxy) is 2. The molecule has 0 spiro atoms. The molecule has 29 heavy (non-hydrogen) atoms. The van der Waals surface area contributed by atoms with E-state index in [9.17, 15) is 4.79 Å². The molecule has 2 atom stereocenters. The first-order valence-corrected chi connectivity index (χ1v) is 9.99. The van der Waals surface area contributed by atoms with Crippen molar-refractivity contribution in [1.82, 2.24) is 9.55 Å². The summed E-state index contributed by atoms with van der Waals surface area (Å²) in [6, 6.07) is 5.83. The van der Waals surface area contributed by atoms with E-state index >= 15 is 0 Å². The Morgan fingerprint density at radius 2 is 2.03 bits per heavy atom. The summed E-state index contributed by atoms with van der Waals surface area (Å²) >= 11 is 6.53. The smallest absolute Gasteiger partial charge is 0.277 e. The Bertz CT molecular complexity index is 944. The number of hydrogen-bond acceptors (Lipinski definition) is 6. The maximum absolute atomic E-state index is 13.4. The molecule has 7 nitrogen and oxygen atoms in total. The maximum atomic E-state index is 13.4. The van der Waals surface area contributed by atoms with Crippen LogP contribution >= 0.6 is 11.6 Å². The fourth-order valence-electron chi connectivity index (χ4n) is 3.90.